The van der Waals surface area contributed by atoms with Crippen LogP contribution in [0.3, 0.4) is 0 Å². The molecule has 0 rings (SSSR count). The second-order valence-corrected chi connectivity index (χ2v) is 4.67. The lowest BCUT2D eigenvalue weighted by Crippen LogP contribution is -2.06. The Balaban J connectivity index is 3.51. The molecule has 0 atom stereocenters. The van der Waals surface area contributed by atoms with Gasteiger partial charge < -0.3 is 0 Å². The van der Waals surface area contributed by atoms with Gasteiger partial charge in [-0.1, -0.05) is 0 Å². The largest absolute Gasteiger partial charge is 0.197 e. The van der Waals surface area contributed by atoms with Gasteiger partial charge in [-0.3, -0.25) is 0 Å². The van der Waals surface area contributed by atoms with Crippen molar-refractivity contribution in [1.29, 1.82) is 10.5 Å². The summed E-state index contributed by atoms with van der Waals surface area (Å²) in [7, 11) is 0.358. The van der Waals surface area contributed by atoms with Crippen LogP contribution < -0.4 is 0 Å². The highest BCUT2D eigenvalue weighted by Gasteiger charge is 2.09. The summed E-state index contributed by atoms with van der Waals surface area (Å²) in [5.41, 5.74) is 0. The zero-order valence-electron chi connectivity index (χ0n) is 6.29. The lowest BCUT2D eigenvalue weighted by molar-refractivity contribution is 0.810. The maximum Gasteiger partial charge on any atom is 0.137 e. The average molecular weight is 155 g/mol. The lowest BCUT2D eigenvalue weighted by atomic mass is 10.1. The van der Waals surface area contributed by atoms with Crippen LogP contribution in [0.15, 0.2) is 0 Å². The van der Waals surface area contributed by atoms with Crippen molar-refractivity contribution in [3.05, 3.63) is 0 Å². The van der Waals surface area contributed by atoms with Crippen molar-refractivity contribution in [2.45, 2.75) is 6.42 Å². The topological polar surface area (TPSA) is 47.6 Å². The smallest absolute Gasteiger partial charge is 0.137 e. The highest BCUT2D eigenvalue weighted by Crippen LogP contribution is 2.01. The van der Waals surface area contributed by atoms with Crippen LogP contribution in [-0.4, -0.2) is 18.3 Å². The molecule has 0 aromatic carbocycles. The summed E-state index contributed by atoms with van der Waals surface area (Å²) in [6, 6.07) is 3.90. The Bertz CT molecular complexity index is 149. The van der Waals surface area contributed by atoms with Crippen molar-refractivity contribution >= 4 is 10.9 Å². The zero-order chi connectivity index (χ0) is 7.98. The molecule has 0 bridgehead atoms. The molecule has 0 saturated heterocycles. The molecule has 54 valence electrons. The van der Waals surface area contributed by atoms with Crippen molar-refractivity contribution in [3.8, 4) is 12.1 Å². The van der Waals surface area contributed by atoms with Crippen molar-refractivity contribution in [2.24, 2.45) is 5.92 Å². The summed E-state index contributed by atoms with van der Waals surface area (Å²) in [6.45, 7) is 0. The van der Waals surface area contributed by atoms with E-state index in [-0.39, 0.29) is 0 Å². The van der Waals surface area contributed by atoms with Crippen LogP contribution in [-0.2, 0) is 10.9 Å². The molecule has 0 saturated carbocycles. The van der Waals surface area contributed by atoms with E-state index in [4.69, 9.17) is 10.5 Å². The van der Waals surface area contributed by atoms with Gasteiger partial charge in [0.25, 0.3) is 0 Å². The first-order chi connectivity index (χ1) is 4.70. The highest BCUT2D eigenvalue weighted by atomic mass is 32.2. The third-order valence-electron chi connectivity index (χ3n) is 1.13. The molecule has 0 unspecified atom stereocenters. The van der Waals surface area contributed by atoms with Crippen LogP contribution in [0.1, 0.15) is 6.42 Å². The van der Waals surface area contributed by atoms with Crippen LogP contribution in [0.4, 0.5) is 0 Å². The van der Waals surface area contributed by atoms with Gasteiger partial charge >= 0.3 is 0 Å². The molecule has 0 fully saturated rings. The normalized spacial score (nSPS) is 9.40. The van der Waals surface area contributed by atoms with Crippen LogP contribution in [0, 0.1) is 28.6 Å². The summed E-state index contributed by atoms with van der Waals surface area (Å²) in [6.07, 6.45) is 4.96. The van der Waals surface area contributed by atoms with Gasteiger partial charge in [0.1, 0.15) is 11.7 Å². The minimum Gasteiger partial charge on any atom is -0.197 e. The molecular formula is C7H11N2S+. The second kappa shape index (κ2) is 5.14. The number of nitrogens with zero attached hydrogens (tertiary/aromatic N) is 2. The highest BCUT2D eigenvalue weighted by molar-refractivity contribution is 7.95. The molecule has 0 aliphatic rings. The molecule has 2 nitrogen and oxygen atoms in total. The Hall–Kier alpha value is -0.670. The fourth-order valence-corrected chi connectivity index (χ4v) is 1.22. The molecule has 0 aliphatic heterocycles. The van der Waals surface area contributed by atoms with Gasteiger partial charge in [0.15, 0.2) is 0 Å². The fourth-order valence-electron chi connectivity index (χ4n) is 0.512. The van der Waals surface area contributed by atoms with E-state index in [2.05, 4.69) is 12.5 Å². The average Bonchev–Trinajstić information content (AvgIpc) is 1.90. The van der Waals surface area contributed by atoms with Gasteiger partial charge in [-0.05, 0) is 10.9 Å². The first-order valence-electron chi connectivity index (χ1n) is 3.04. The minimum absolute atomic E-state index is 0.358. The van der Waals surface area contributed by atoms with E-state index in [1.165, 1.54) is 0 Å². The third kappa shape index (κ3) is 4.23. The molecule has 0 amide bonds. The third-order valence-corrected chi connectivity index (χ3v) is 2.18. The lowest BCUT2D eigenvalue weighted by Gasteiger charge is -1.95. The van der Waals surface area contributed by atoms with Crippen molar-refractivity contribution in [1.82, 2.24) is 0 Å². The van der Waals surface area contributed by atoms with Gasteiger partial charge in [-0.25, -0.2) is 0 Å². The van der Waals surface area contributed by atoms with Gasteiger partial charge in [-0.2, -0.15) is 10.5 Å². The second-order valence-electron chi connectivity index (χ2n) is 2.29. The number of rotatable bonds is 3. The van der Waals surface area contributed by atoms with Gasteiger partial charge in [0, 0.05) is 6.42 Å². The summed E-state index contributed by atoms with van der Waals surface area (Å²) in [5, 5.41) is 16.7. The molecule has 0 N–H and O–H groups in total. The Kier molecular flexibility index (Phi) is 4.80. The summed E-state index contributed by atoms with van der Waals surface area (Å²) < 4.78 is 0. The monoisotopic (exact) mass is 155 g/mol. The summed E-state index contributed by atoms with van der Waals surface area (Å²) in [4.78, 5) is 0. The molecular weight excluding hydrogens is 144 g/mol. The molecule has 0 aromatic rings. The van der Waals surface area contributed by atoms with E-state index in [1.807, 2.05) is 12.1 Å². The van der Waals surface area contributed by atoms with Gasteiger partial charge in [-0.15, -0.1) is 0 Å². The molecule has 0 aliphatic carbocycles. The first-order valence-corrected chi connectivity index (χ1v) is 5.25. The SMILES string of the molecule is C[S+](C)CCC(C#N)C#N. The van der Waals surface area contributed by atoms with E-state index in [0.29, 0.717) is 10.9 Å². The first kappa shape index (κ1) is 9.33. The Labute approximate surface area is 64.8 Å². The summed E-state index contributed by atoms with van der Waals surface area (Å²) in [5.74, 6) is 0.598. The maximum absolute atomic E-state index is 8.37. The molecule has 0 heterocycles. The zero-order valence-corrected chi connectivity index (χ0v) is 7.11. The van der Waals surface area contributed by atoms with Gasteiger partial charge in [0.05, 0.1) is 24.6 Å². The van der Waals surface area contributed by atoms with Crippen molar-refractivity contribution < 1.29 is 0 Å². The Morgan fingerprint density at radius 3 is 2.10 bits per heavy atom. The van der Waals surface area contributed by atoms with Crippen LogP contribution in [0.25, 0.3) is 0 Å². The maximum atomic E-state index is 8.37. The van der Waals surface area contributed by atoms with E-state index in [9.17, 15) is 0 Å². The summed E-state index contributed by atoms with van der Waals surface area (Å²) >= 11 is 0. The van der Waals surface area contributed by atoms with Crippen molar-refractivity contribution in [2.75, 3.05) is 18.3 Å². The van der Waals surface area contributed by atoms with E-state index in [0.717, 1.165) is 12.2 Å². The molecule has 0 radical (unpaired) electrons. The predicted octanol–water partition coefficient (Wildman–Crippen LogP) is 0.918. The fraction of sp³-hybridized carbons (Fsp3) is 0.714. The number of hydrogen-bond acceptors (Lipinski definition) is 2. The predicted molar refractivity (Wildman–Crippen MR) is 43.4 cm³/mol. The van der Waals surface area contributed by atoms with Crippen LogP contribution in [0.2, 0.25) is 0 Å². The number of hydrogen-bond donors (Lipinski definition) is 0. The molecule has 3 heteroatoms. The van der Waals surface area contributed by atoms with Gasteiger partial charge in [0.2, 0.25) is 0 Å². The number of nitriles is 2. The van der Waals surface area contributed by atoms with E-state index >= 15 is 0 Å². The molecule has 10 heavy (non-hydrogen) atoms. The Morgan fingerprint density at radius 1 is 1.30 bits per heavy atom. The molecule has 0 spiro atoms. The van der Waals surface area contributed by atoms with Crippen LogP contribution >= 0.6 is 0 Å². The standard InChI is InChI=1S/C7H11N2S/c1-10(2)4-3-7(5-8)6-9/h7H,3-4H2,1-2H3/q+1. The van der Waals surface area contributed by atoms with Crippen molar-refractivity contribution in [3.63, 3.8) is 0 Å². The molecule has 0 aromatic heterocycles. The quantitative estimate of drug-likeness (QED) is 0.569. The van der Waals surface area contributed by atoms with E-state index < -0.39 is 5.92 Å². The van der Waals surface area contributed by atoms with Crippen LogP contribution in [0.5, 0.6) is 0 Å². The minimum atomic E-state index is -0.394. The Morgan fingerprint density at radius 2 is 1.80 bits per heavy atom. The van der Waals surface area contributed by atoms with E-state index in [1.54, 1.807) is 0 Å².